The molecule has 0 atom stereocenters. The van der Waals surface area contributed by atoms with Crippen LogP contribution in [-0.4, -0.2) is 12.0 Å². The van der Waals surface area contributed by atoms with E-state index in [0.717, 1.165) is 40.4 Å². The fraction of sp³-hybridized carbons (Fsp3) is 0.500. The van der Waals surface area contributed by atoms with Crippen molar-refractivity contribution in [3.8, 4) is 0 Å². The first-order valence-corrected chi connectivity index (χ1v) is 7.74. The quantitative estimate of drug-likeness (QED) is 0.624. The van der Waals surface area contributed by atoms with Gasteiger partial charge in [0.1, 0.15) is 0 Å². The molecule has 0 aliphatic rings. The van der Waals surface area contributed by atoms with Gasteiger partial charge in [0.15, 0.2) is 0 Å². The van der Waals surface area contributed by atoms with Crippen LogP contribution in [0.4, 0.5) is 11.4 Å². The molecule has 0 radical (unpaired) electrons. The van der Waals surface area contributed by atoms with Crippen LogP contribution in [0.2, 0.25) is 0 Å². The Bertz CT molecular complexity index is 365. The lowest BCUT2D eigenvalue weighted by atomic mass is 10.1. The van der Waals surface area contributed by atoms with E-state index in [1.54, 1.807) is 11.8 Å². The lowest BCUT2D eigenvalue weighted by molar-refractivity contribution is 1.09. The summed E-state index contributed by atoms with van der Waals surface area (Å²) in [5, 5.41) is 0. The average Bonchev–Trinajstić information content (AvgIpc) is 2.29. The van der Waals surface area contributed by atoms with E-state index in [1.807, 2.05) is 11.8 Å². The third-order valence-corrected chi connectivity index (χ3v) is 4.52. The largest absolute Gasteiger partial charge is 0.398 e. The maximum Gasteiger partial charge on any atom is 0.0506 e. The van der Waals surface area contributed by atoms with E-state index in [9.17, 15) is 0 Å². The first-order chi connectivity index (χ1) is 7.65. The number of rotatable bonds is 5. The first-order valence-electron chi connectivity index (χ1n) is 5.53. The molecule has 0 aliphatic carbocycles. The van der Waals surface area contributed by atoms with Gasteiger partial charge in [-0.05, 0) is 36.5 Å². The van der Waals surface area contributed by atoms with Gasteiger partial charge in [-0.2, -0.15) is 0 Å². The second-order valence-electron chi connectivity index (χ2n) is 3.58. The molecular formula is C12H20N2S2. The van der Waals surface area contributed by atoms with E-state index in [0.29, 0.717) is 0 Å². The van der Waals surface area contributed by atoms with Crippen molar-refractivity contribution < 1.29 is 0 Å². The molecule has 0 amide bonds. The molecule has 0 unspecified atom stereocenters. The molecule has 0 bridgehead atoms. The summed E-state index contributed by atoms with van der Waals surface area (Å²) >= 11 is 3.51. The highest BCUT2D eigenvalue weighted by Crippen LogP contribution is 2.38. The Labute approximate surface area is 107 Å². The van der Waals surface area contributed by atoms with Crippen LogP contribution in [0.3, 0.4) is 0 Å². The van der Waals surface area contributed by atoms with Crippen molar-refractivity contribution in [3.63, 3.8) is 0 Å². The van der Waals surface area contributed by atoms with E-state index in [2.05, 4.69) is 26.2 Å². The molecule has 2 nitrogen and oxygen atoms in total. The number of anilines is 2. The van der Waals surface area contributed by atoms with E-state index in [1.165, 1.54) is 4.90 Å². The molecule has 4 N–H and O–H groups in total. The smallest absolute Gasteiger partial charge is 0.0506 e. The third-order valence-electron chi connectivity index (χ3n) is 2.48. The highest BCUT2D eigenvalue weighted by molar-refractivity contribution is 8.00. The maximum absolute atomic E-state index is 6.15. The zero-order chi connectivity index (χ0) is 12.1. The summed E-state index contributed by atoms with van der Waals surface area (Å²) in [5.74, 6) is 1.10. The molecule has 0 saturated carbocycles. The Balaban J connectivity index is 3.18. The van der Waals surface area contributed by atoms with Gasteiger partial charge in [-0.15, -0.1) is 23.5 Å². The molecule has 16 heavy (non-hydrogen) atoms. The lowest BCUT2D eigenvalue weighted by Crippen LogP contribution is -2.03. The Morgan fingerprint density at radius 2 is 1.75 bits per heavy atom. The molecular weight excluding hydrogens is 236 g/mol. The molecule has 4 heteroatoms. The van der Waals surface area contributed by atoms with Crippen molar-refractivity contribution in [1.29, 1.82) is 0 Å². The molecule has 0 aromatic heterocycles. The minimum atomic E-state index is 0.855. The van der Waals surface area contributed by atoms with Crippen molar-refractivity contribution in [3.05, 3.63) is 11.6 Å². The average molecular weight is 256 g/mol. The van der Waals surface area contributed by atoms with Gasteiger partial charge in [-0.3, -0.25) is 0 Å². The van der Waals surface area contributed by atoms with Crippen LogP contribution in [0.25, 0.3) is 0 Å². The Hall–Kier alpha value is -0.480. The monoisotopic (exact) mass is 256 g/mol. The number of hydrogen-bond donors (Lipinski definition) is 2. The summed E-state index contributed by atoms with van der Waals surface area (Å²) in [6.07, 6.45) is 4.10. The van der Waals surface area contributed by atoms with Gasteiger partial charge < -0.3 is 11.5 Å². The highest BCUT2D eigenvalue weighted by Gasteiger charge is 2.12. The molecule has 0 heterocycles. The van der Waals surface area contributed by atoms with Crippen molar-refractivity contribution in [1.82, 2.24) is 0 Å². The topological polar surface area (TPSA) is 52.0 Å². The molecule has 90 valence electrons. The van der Waals surface area contributed by atoms with Crippen molar-refractivity contribution in [2.45, 2.75) is 36.5 Å². The number of nitrogen functional groups attached to an aromatic ring is 2. The van der Waals surface area contributed by atoms with Crippen LogP contribution in [0.15, 0.2) is 15.9 Å². The van der Waals surface area contributed by atoms with Crippen LogP contribution in [0.5, 0.6) is 0 Å². The van der Waals surface area contributed by atoms with Gasteiger partial charge in [-0.1, -0.05) is 13.8 Å². The third kappa shape index (κ3) is 2.80. The van der Waals surface area contributed by atoms with Crippen molar-refractivity contribution in [2.75, 3.05) is 23.5 Å². The minimum Gasteiger partial charge on any atom is -0.398 e. The van der Waals surface area contributed by atoms with E-state index in [-0.39, 0.29) is 0 Å². The Morgan fingerprint density at radius 1 is 1.12 bits per heavy atom. The Morgan fingerprint density at radius 3 is 2.25 bits per heavy atom. The van der Waals surface area contributed by atoms with Crippen molar-refractivity contribution in [2.24, 2.45) is 0 Å². The lowest BCUT2D eigenvalue weighted by Gasteiger charge is -2.15. The standard InChI is InChI=1S/C12H20N2S2/c1-4-6-16-10-7-9(15-3)11(13)8(5-2)12(10)14/h7H,4-6,13-14H2,1-3H3. The minimum absolute atomic E-state index is 0.855. The maximum atomic E-state index is 6.15. The fourth-order valence-corrected chi connectivity index (χ4v) is 3.16. The summed E-state index contributed by atoms with van der Waals surface area (Å²) in [6.45, 7) is 4.27. The van der Waals surface area contributed by atoms with E-state index >= 15 is 0 Å². The van der Waals surface area contributed by atoms with Crippen molar-refractivity contribution >= 4 is 34.9 Å². The van der Waals surface area contributed by atoms with E-state index in [4.69, 9.17) is 11.5 Å². The Kier molecular flexibility index (Phi) is 5.35. The summed E-state index contributed by atoms with van der Waals surface area (Å²) < 4.78 is 0. The normalized spacial score (nSPS) is 10.7. The highest BCUT2D eigenvalue weighted by atomic mass is 32.2. The van der Waals surface area contributed by atoms with Gasteiger partial charge in [0, 0.05) is 9.79 Å². The summed E-state index contributed by atoms with van der Waals surface area (Å²) in [4.78, 5) is 2.32. The number of hydrogen-bond acceptors (Lipinski definition) is 4. The second-order valence-corrected chi connectivity index (χ2v) is 5.57. The van der Waals surface area contributed by atoms with Crippen LogP contribution in [0.1, 0.15) is 25.8 Å². The van der Waals surface area contributed by atoms with Gasteiger partial charge >= 0.3 is 0 Å². The number of thioether (sulfide) groups is 2. The SMILES string of the molecule is CCCSc1cc(SC)c(N)c(CC)c1N. The number of benzene rings is 1. The molecule has 0 aliphatic heterocycles. The molecule has 1 rings (SSSR count). The fourth-order valence-electron chi connectivity index (χ4n) is 1.60. The molecule has 1 aromatic carbocycles. The van der Waals surface area contributed by atoms with Crippen LogP contribution in [-0.2, 0) is 6.42 Å². The van der Waals surface area contributed by atoms with Crippen LogP contribution in [0, 0.1) is 0 Å². The molecule has 1 aromatic rings. The molecule has 0 saturated heterocycles. The molecule has 0 fully saturated rings. The van der Waals surface area contributed by atoms with E-state index < -0.39 is 0 Å². The van der Waals surface area contributed by atoms with Gasteiger partial charge in [0.25, 0.3) is 0 Å². The summed E-state index contributed by atoms with van der Waals surface area (Å²) in [5.41, 5.74) is 15.1. The molecule has 0 spiro atoms. The second kappa shape index (κ2) is 6.30. The zero-order valence-corrected chi connectivity index (χ0v) is 11.8. The summed E-state index contributed by atoms with van der Waals surface area (Å²) in [7, 11) is 0. The summed E-state index contributed by atoms with van der Waals surface area (Å²) in [6, 6.07) is 2.12. The number of nitrogens with two attached hydrogens (primary N) is 2. The van der Waals surface area contributed by atoms with Gasteiger partial charge in [0.2, 0.25) is 0 Å². The van der Waals surface area contributed by atoms with Gasteiger partial charge in [-0.25, -0.2) is 0 Å². The predicted molar refractivity (Wildman–Crippen MR) is 77.4 cm³/mol. The predicted octanol–water partition coefficient (Wildman–Crippen LogP) is 3.64. The van der Waals surface area contributed by atoms with Gasteiger partial charge in [0.05, 0.1) is 11.4 Å². The van der Waals surface area contributed by atoms with Crippen LogP contribution >= 0.6 is 23.5 Å². The zero-order valence-electron chi connectivity index (χ0n) is 10.2. The van der Waals surface area contributed by atoms with Crippen LogP contribution < -0.4 is 11.5 Å². The first kappa shape index (κ1) is 13.6.